The molecule has 0 aromatic heterocycles. The van der Waals surface area contributed by atoms with Gasteiger partial charge in [-0.05, 0) is 23.6 Å². The first-order chi connectivity index (χ1) is 13.6. The van der Waals surface area contributed by atoms with Crippen molar-refractivity contribution >= 4 is 17.5 Å². The van der Waals surface area contributed by atoms with Gasteiger partial charge in [-0.1, -0.05) is 91.0 Å². The zero-order valence-corrected chi connectivity index (χ0v) is 16.3. The molecule has 1 aliphatic heterocycles. The van der Waals surface area contributed by atoms with Crippen molar-refractivity contribution in [3.63, 3.8) is 0 Å². The van der Waals surface area contributed by atoms with Crippen molar-refractivity contribution < 1.29 is 9.84 Å². The number of benzene rings is 3. The number of aliphatic imine (C=N–C) groups is 1. The minimum absolute atomic E-state index is 0.0885. The smallest absolute Gasteiger partial charge is 0.206 e. The molecule has 3 aromatic rings. The van der Waals surface area contributed by atoms with Gasteiger partial charge in [-0.2, -0.15) is 0 Å². The van der Waals surface area contributed by atoms with Gasteiger partial charge in [-0.15, -0.1) is 11.6 Å². The Hall–Kier alpha value is -2.62. The highest BCUT2D eigenvalue weighted by Crippen LogP contribution is 2.40. The van der Waals surface area contributed by atoms with Crippen molar-refractivity contribution in [1.29, 1.82) is 0 Å². The van der Waals surface area contributed by atoms with Crippen LogP contribution < -0.4 is 0 Å². The molecule has 3 aromatic carbocycles. The molecule has 4 rings (SSSR count). The lowest BCUT2D eigenvalue weighted by molar-refractivity contribution is 0.0821. The van der Waals surface area contributed by atoms with E-state index in [1.54, 1.807) is 0 Å². The average molecular weight is 392 g/mol. The lowest BCUT2D eigenvalue weighted by atomic mass is 9.83. The fourth-order valence-electron chi connectivity index (χ4n) is 3.66. The van der Waals surface area contributed by atoms with Crippen LogP contribution in [0, 0.1) is 0 Å². The van der Waals surface area contributed by atoms with Crippen LogP contribution in [0.25, 0.3) is 0 Å². The van der Waals surface area contributed by atoms with E-state index in [-0.39, 0.29) is 12.1 Å². The highest BCUT2D eigenvalue weighted by molar-refractivity contribution is 6.32. The lowest BCUT2D eigenvalue weighted by Gasteiger charge is -2.33. The van der Waals surface area contributed by atoms with E-state index >= 15 is 0 Å². The minimum atomic E-state index is -1.46. The molecule has 0 saturated heterocycles. The third-order valence-corrected chi connectivity index (χ3v) is 5.66. The molecule has 1 N–H and O–H groups in total. The van der Waals surface area contributed by atoms with Gasteiger partial charge in [0.1, 0.15) is 17.1 Å². The normalized spacial score (nSPS) is 20.3. The highest BCUT2D eigenvalue weighted by Gasteiger charge is 2.46. The number of ether oxygens (including phenoxy) is 1. The minimum Gasteiger partial charge on any atom is -0.469 e. The van der Waals surface area contributed by atoms with E-state index in [0.717, 1.165) is 5.56 Å². The standard InChI is InChI=1S/C24H22ClNO2/c1-17-21(18-11-5-2-6-12-18)28-23(26-17)22(25)24(27,19-13-7-3-8-14-19)20-15-9-4-10-16-20/h2-17,21-22,27H,1H3/t17-,21-,22?/m0/s1. The number of hydrogen-bond acceptors (Lipinski definition) is 3. The Kier molecular flexibility index (Phi) is 5.21. The number of aliphatic hydroxyl groups is 1. The van der Waals surface area contributed by atoms with Gasteiger partial charge in [0.15, 0.2) is 0 Å². The number of hydrogen-bond donors (Lipinski definition) is 1. The topological polar surface area (TPSA) is 41.8 Å². The van der Waals surface area contributed by atoms with Crippen LogP contribution in [0.2, 0.25) is 0 Å². The average Bonchev–Trinajstić information content (AvgIpc) is 3.16. The van der Waals surface area contributed by atoms with Crippen LogP contribution in [0.5, 0.6) is 0 Å². The van der Waals surface area contributed by atoms with Crippen molar-refractivity contribution in [2.45, 2.75) is 30.0 Å². The SMILES string of the molecule is C[C@@H]1N=C(C(Cl)C(O)(c2ccccc2)c2ccccc2)O[C@@H]1c1ccccc1. The van der Waals surface area contributed by atoms with E-state index in [1.165, 1.54) is 0 Å². The third kappa shape index (κ3) is 3.32. The monoisotopic (exact) mass is 391 g/mol. The molecule has 1 unspecified atom stereocenters. The largest absolute Gasteiger partial charge is 0.469 e. The summed E-state index contributed by atoms with van der Waals surface area (Å²) in [5.41, 5.74) is 0.973. The second-order valence-corrected chi connectivity index (χ2v) is 7.45. The predicted octanol–water partition coefficient (Wildman–Crippen LogP) is 5.09. The second-order valence-electron chi connectivity index (χ2n) is 7.02. The second kappa shape index (κ2) is 7.78. The highest BCUT2D eigenvalue weighted by atomic mass is 35.5. The Balaban J connectivity index is 1.71. The zero-order chi connectivity index (χ0) is 19.6. The fourth-order valence-corrected chi connectivity index (χ4v) is 4.02. The molecule has 0 spiro atoms. The maximum atomic E-state index is 11.8. The van der Waals surface area contributed by atoms with Gasteiger partial charge in [-0.25, -0.2) is 4.99 Å². The Labute approximate surface area is 170 Å². The first-order valence-corrected chi connectivity index (χ1v) is 9.81. The van der Waals surface area contributed by atoms with Crippen LogP contribution >= 0.6 is 11.6 Å². The number of nitrogens with zero attached hydrogens (tertiary/aromatic N) is 1. The summed E-state index contributed by atoms with van der Waals surface area (Å²) in [6.45, 7) is 2.00. The van der Waals surface area contributed by atoms with E-state index < -0.39 is 11.0 Å². The maximum Gasteiger partial charge on any atom is 0.206 e. The Morgan fingerprint density at radius 2 is 1.32 bits per heavy atom. The maximum absolute atomic E-state index is 11.8. The summed E-state index contributed by atoms with van der Waals surface area (Å²) in [4.78, 5) is 4.67. The van der Waals surface area contributed by atoms with Gasteiger partial charge in [0.25, 0.3) is 0 Å². The van der Waals surface area contributed by atoms with E-state index in [1.807, 2.05) is 97.9 Å². The van der Waals surface area contributed by atoms with Gasteiger partial charge in [-0.3, -0.25) is 0 Å². The molecule has 1 aliphatic rings. The third-order valence-electron chi connectivity index (χ3n) is 5.16. The molecule has 0 saturated carbocycles. The molecular formula is C24H22ClNO2. The van der Waals surface area contributed by atoms with Gasteiger partial charge in [0.05, 0.1) is 6.04 Å². The van der Waals surface area contributed by atoms with Crippen LogP contribution in [0.4, 0.5) is 0 Å². The van der Waals surface area contributed by atoms with E-state index in [0.29, 0.717) is 17.0 Å². The molecule has 0 bridgehead atoms. The molecule has 0 aliphatic carbocycles. The number of rotatable bonds is 5. The summed E-state index contributed by atoms with van der Waals surface area (Å²) < 4.78 is 6.17. The summed E-state index contributed by atoms with van der Waals surface area (Å²) in [7, 11) is 0. The summed E-state index contributed by atoms with van der Waals surface area (Å²) in [5.74, 6) is 0.359. The summed E-state index contributed by atoms with van der Waals surface area (Å²) in [6, 6.07) is 28.7. The van der Waals surface area contributed by atoms with Crippen LogP contribution in [0.1, 0.15) is 29.7 Å². The fraction of sp³-hybridized carbons (Fsp3) is 0.208. The Morgan fingerprint density at radius 1 is 0.857 bits per heavy atom. The van der Waals surface area contributed by atoms with Crippen LogP contribution in [-0.2, 0) is 10.3 Å². The number of halogens is 1. The molecule has 0 amide bonds. The molecular weight excluding hydrogens is 370 g/mol. The molecule has 3 atom stereocenters. The first kappa shape index (κ1) is 18.7. The van der Waals surface area contributed by atoms with Gasteiger partial charge in [0, 0.05) is 0 Å². The molecule has 142 valence electrons. The first-order valence-electron chi connectivity index (χ1n) is 9.37. The molecule has 1 heterocycles. The summed E-state index contributed by atoms with van der Waals surface area (Å²) in [6.07, 6.45) is -0.215. The van der Waals surface area contributed by atoms with Crippen LogP contribution in [-0.4, -0.2) is 22.4 Å². The van der Waals surface area contributed by atoms with Crippen molar-refractivity contribution in [2.75, 3.05) is 0 Å². The lowest BCUT2D eigenvalue weighted by Crippen LogP contribution is -2.42. The van der Waals surface area contributed by atoms with E-state index in [2.05, 4.69) is 4.99 Å². The Morgan fingerprint density at radius 3 is 1.82 bits per heavy atom. The van der Waals surface area contributed by atoms with Gasteiger partial charge >= 0.3 is 0 Å². The van der Waals surface area contributed by atoms with Crippen LogP contribution in [0.15, 0.2) is 96.0 Å². The molecule has 0 radical (unpaired) electrons. The van der Waals surface area contributed by atoms with Gasteiger partial charge in [0.2, 0.25) is 5.90 Å². The van der Waals surface area contributed by atoms with Gasteiger partial charge < -0.3 is 9.84 Å². The molecule has 28 heavy (non-hydrogen) atoms. The van der Waals surface area contributed by atoms with Crippen molar-refractivity contribution in [3.05, 3.63) is 108 Å². The summed E-state index contributed by atoms with van der Waals surface area (Å²) in [5, 5.41) is 11.0. The van der Waals surface area contributed by atoms with E-state index in [9.17, 15) is 5.11 Å². The molecule has 4 heteroatoms. The molecule has 0 fully saturated rings. The van der Waals surface area contributed by atoms with Crippen molar-refractivity contribution in [2.24, 2.45) is 4.99 Å². The van der Waals surface area contributed by atoms with Crippen molar-refractivity contribution in [1.82, 2.24) is 0 Å². The zero-order valence-electron chi connectivity index (χ0n) is 15.6. The summed E-state index contributed by atoms with van der Waals surface area (Å²) >= 11 is 6.88. The number of alkyl halides is 1. The van der Waals surface area contributed by atoms with Crippen molar-refractivity contribution in [3.8, 4) is 0 Å². The Bertz CT molecular complexity index is 905. The quantitative estimate of drug-likeness (QED) is 0.615. The predicted molar refractivity (Wildman–Crippen MR) is 113 cm³/mol. The van der Waals surface area contributed by atoms with Crippen LogP contribution in [0.3, 0.4) is 0 Å². The molecule has 3 nitrogen and oxygen atoms in total. The van der Waals surface area contributed by atoms with E-state index in [4.69, 9.17) is 16.3 Å².